The molecule has 1 heterocycles. The molecule has 2 aromatic carbocycles. The molecule has 0 saturated carbocycles. The molecule has 8 heteroatoms. The molecule has 0 aliphatic carbocycles. The Hall–Kier alpha value is -1.31. The second-order valence-electron chi connectivity index (χ2n) is 13.7. The smallest absolute Gasteiger partial charge is 0.207 e. The number of methoxy groups -OCH3 is 1. The molecule has 5 nitrogen and oxygen atoms in total. The second-order valence-corrected chi connectivity index (χ2v) is 15.6. The fourth-order valence-corrected chi connectivity index (χ4v) is 8.16. The fraction of sp³-hybridized carbons (Fsp3) is 0.657. The molecule has 0 spiro atoms. The van der Waals surface area contributed by atoms with Gasteiger partial charge in [-0.25, -0.2) is 8.42 Å². The van der Waals surface area contributed by atoms with Gasteiger partial charge in [0.2, 0.25) is 9.84 Å². The van der Waals surface area contributed by atoms with Crippen molar-refractivity contribution in [3.63, 3.8) is 0 Å². The van der Waals surface area contributed by atoms with E-state index in [1.54, 1.807) is 7.11 Å². The molecule has 0 unspecified atom stereocenters. The predicted molar refractivity (Wildman–Crippen MR) is 172 cm³/mol. The van der Waals surface area contributed by atoms with Gasteiger partial charge in [0.1, 0.15) is 18.8 Å². The molecular weight excluding hydrogens is 599 g/mol. The molecule has 43 heavy (non-hydrogen) atoms. The van der Waals surface area contributed by atoms with Crippen molar-refractivity contribution in [2.24, 2.45) is 0 Å². The highest BCUT2D eigenvalue weighted by atomic mass is 35.5. The molecule has 0 aromatic heterocycles. The van der Waals surface area contributed by atoms with Crippen molar-refractivity contribution >= 4 is 9.84 Å². The number of hydrogen-bond acceptors (Lipinski definition) is 3. The lowest BCUT2D eigenvalue weighted by molar-refractivity contribution is -0.903. The van der Waals surface area contributed by atoms with E-state index in [1.807, 2.05) is 18.2 Å². The van der Waals surface area contributed by atoms with Gasteiger partial charge in [0, 0.05) is 22.3 Å². The molecule has 1 aliphatic rings. The van der Waals surface area contributed by atoms with Gasteiger partial charge < -0.3 is 38.5 Å². The van der Waals surface area contributed by atoms with Gasteiger partial charge in [-0.1, -0.05) is 77.3 Å². The molecule has 0 saturated heterocycles. The lowest BCUT2D eigenvalue weighted by Gasteiger charge is -2.30. The van der Waals surface area contributed by atoms with Gasteiger partial charge in [0.25, 0.3) is 0 Å². The molecule has 0 amide bonds. The number of ether oxygens (including phenoxy) is 1. The Labute approximate surface area is 276 Å². The van der Waals surface area contributed by atoms with Gasteiger partial charge in [0.15, 0.2) is 0 Å². The van der Waals surface area contributed by atoms with Crippen LogP contribution >= 0.6 is 0 Å². The Bertz CT molecular complexity index is 1250. The van der Waals surface area contributed by atoms with E-state index in [0.29, 0.717) is 15.5 Å². The number of sulfone groups is 1. The van der Waals surface area contributed by atoms with Crippen molar-refractivity contribution < 1.29 is 46.9 Å². The average Bonchev–Trinajstić information content (AvgIpc) is 3.13. The van der Waals surface area contributed by atoms with Gasteiger partial charge in [-0.15, -0.1) is 0 Å². The van der Waals surface area contributed by atoms with E-state index in [2.05, 4.69) is 54.2 Å². The molecule has 0 N–H and O–H groups in total. The number of fused-ring (bicyclic) bond motifs is 3. The second kappa shape index (κ2) is 18.0. The largest absolute Gasteiger partial charge is 1.00 e. The topological polar surface area (TPSA) is 43.4 Å². The molecule has 246 valence electrons. The van der Waals surface area contributed by atoms with Crippen LogP contribution in [-0.2, 0) is 22.9 Å². The van der Waals surface area contributed by atoms with Crippen LogP contribution in [0, 0.1) is 0 Å². The minimum absolute atomic E-state index is 0. The number of hydrogen-bond donors (Lipinski definition) is 0. The van der Waals surface area contributed by atoms with E-state index >= 15 is 0 Å². The zero-order valence-corrected chi connectivity index (χ0v) is 30.3. The summed E-state index contributed by atoms with van der Waals surface area (Å²) in [5.41, 5.74) is 3.59. The number of nitrogens with zero attached hydrogens (tertiary/aromatic N) is 2. The summed E-state index contributed by atoms with van der Waals surface area (Å²) in [6.45, 7) is 8.28. The monoisotopic (exact) mass is 656 g/mol. The van der Waals surface area contributed by atoms with Crippen LogP contribution in [0.3, 0.4) is 0 Å². The van der Waals surface area contributed by atoms with E-state index in [9.17, 15) is 8.42 Å². The first-order valence-corrected chi connectivity index (χ1v) is 17.7. The van der Waals surface area contributed by atoms with E-state index in [0.717, 1.165) is 57.4 Å². The Balaban J connectivity index is 0.00000462. The molecule has 0 bridgehead atoms. The zero-order chi connectivity index (χ0) is 30.1. The molecule has 1 aliphatic heterocycles. The number of unbranched alkanes of at least 4 members (excludes halogenated alkanes) is 10. The number of halogens is 2. The van der Waals surface area contributed by atoms with E-state index in [4.69, 9.17) is 4.74 Å². The van der Waals surface area contributed by atoms with E-state index in [-0.39, 0.29) is 24.8 Å². The standard InChI is InChI=1S/C35H58N2O3S.2ClH/c1-8-10-12-14-16-18-22-36(3,4)27-29-20-21-31-33(25-29)41(38,39)34-26-30(24-32(40-7)35(31)34)28-37(5,6)23-19-17-15-13-11-9-2;;/h20-21,24-26H,8-19,22-23,27-28H2,1-7H3;2*1H/q+2;;/p-2. The molecular formula is C35H58Cl2N2O3S. The van der Waals surface area contributed by atoms with Crippen LogP contribution in [0.5, 0.6) is 5.75 Å². The van der Waals surface area contributed by atoms with Crippen LogP contribution in [0.15, 0.2) is 40.1 Å². The highest BCUT2D eigenvalue weighted by Gasteiger charge is 2.37. The van der Waals surface area contributed by atoms with Crippen molar-refractivity contribution in [2.75, 3.05) is 48.4 Å². The SMILES string of the molecule is CCCCCCCC[N+](C)(C)Cc1ccc2c(c1)S(=O)(=O)c1cc(C[N+](C)(C)CCCCCCCC)cc(OC)c1-2.[Cl-].[Cl-]. The molecule has 0 radical (unpaired) electrons. The Kier molecular flexibility index (Phi) is 16.6. The normalized spacial score (nSPS) is 13.6. The van der Waals surface area contributed by atoms with Crippen LogP contribution in [0.1, 0.15) is 102 Å². The third kappa shape index (κ3) is 11.2. The summed E-state index contributed by atoms with van der Waals surface area (Å²) in [6, 6.07) is 9.99. The van der Waals surface area contributed by atoms with E-state index < -0.39 is 9.84 Å². The van der Waals surface area contributed by atoms with Crippen LogP contribution in [-0.4, -0.2) is 65.8 Å². The number of rotatable bonds is 19. The molecule has 3 rings (SSSR count). The Morgan fingerprint density at radius 1 is 0.628 bits per heavy atom. The highest BCUT2D eigenvalue weighted by Crippen LogP contribution is 2.49. The lowest BCUT2D eigenvalue weighted by atomic mass is 10.0. The van der Waals surface area contributed by atoms with Gasteiger partial charge in [-0.3, -0.25) is 0 Å². The van der Waals surface area contributed by atoms with Crippen LogP contribution < -0.4 is 29.6 Å². The number of quaternary nitrogens is 2. The van der Waals surface area contributed by atoms with Crippen molar-refractivity contribution in [2.45, 2.75) is 114 Å². The van der Waals surface area contributed by atoms with Crippen molar-refractivity contribution in [1.82, 2.24) is 0 Å². The van der Waals surface area contributed by atoms with Gasteiger partial charge in [-0.05, 0) is 43.9 Å². The minimum Gasteiger partial charge on any atom is -1.00 e. The first-order chi connectivity index (χ1) is 19.4. The van der Waals surface area contributed by atoms with Gasteiger partial charge in [-0.2, -0.15) is 0 Å². The third-order valence-corrected chi connectivity index (χ3v) is 10.5. The summed E-state index contributed by atoms with van der Waals surface area (Å²) in [6.07, 6.45) is 15.4. The minimum atomic E-state index is -3.61. The van der Waals surface area contributed by atoms with Gasteiger partial charge >= 0.3 is 0 Å². The molecule has 0 atom stereocenters. The maximum Gasteiger partial charge on any atom is 0.207 e. The maximum absolute atomic E-state index is 13.9. The Morgan fingerprint density at radius 3 is 1.60 bits per heavy atom. The maximum atomic E-state index is 13.9. The summed E-state index contributed by atoms with van der Waals surface area (Å²) < 4.78 is 35.3. The summed E-state index contributed by atoms with van der Waals surface area (Å²) in [7, 11) is 7.03. The van der Waals surface area contributed by atoms with Crippen LogP contribution in [0.4, 0.5) is 0 Å². The Morgan fingerprint density at radius 2 is 1.09 bits per heavy atom. The summed E-state index contributed by atoms with van der Waals surface area (Å²) >= 11 is 0. The van der Waals surface area contributed by atoms with Crippen molar-refractivity contribution in [3.05, 3.63) is 41.5 Å². The molecule has 0 fully saturated rings. The highest BCUT2D eigenvalue weighted by molar-refractivity contribution is 7.92. The first kappa shape index (κ1) is 39.7. The predicted octanol–water partition coefficient (Wildman–Crippen LogP) is 2.39. The third-order valence-electron chi connectivity index (χ3n) is 8.70. The first-order valence-electron chi connectivity index (χ1n) is 16.2. The quantitative estimate of drug-likeness (QED) is 0.147. The average molecular weight is 658 g/mol. The van der Waals surface area contributed by atoms with Crippen LogP contribution in [0.25, 0.3) is 11.1 Å². The summed E-state index contributed by atoms with van der Waals surface area (Å²) in [5.74, 6) is 0.659. The molecule has 2 aromatic rings. The fourth-order valence-electron chi connectivity index (χ4n) is 6.37. The van der Waals surface area contributed by atoms with Crippen molar-refractivity contribution in [3.8, 4) is 16.9 Å². The number of benzene rings is 2. The lowest BCUT2D eigenvalue weighted by Crippen LogP contribution is -3.00. The van der Waals surface area contributed by atoms with E-state index in [1.165, 1.54) is 77.0 Å². The van der Waals surface area contributed by atoms with Gasteiger partial charge in [0.05, 0.1) is 58.2 Å². The summed E-state index contributed by atoms with van der Waals surface area (Å²) in [4.78, 5) is 0.834. The van der Waals surface area contributed by atoms with Crippen molar-refractivity contribution in [1.29, 1.82) is 0 Å². The van der Waals surface area contributed by atoms with Crippen LogP contribution in [0.2, 0.25) is 0 Å². The summed E-state index contributed by atoms with van der Waals surface area (Å²) in [5, 5.41) is 0. The zero-order valence-electron chi connectivity index (χ0n) is 28.0.